The number of nitrogens with one attached hydrogen (secondary N) is 1. The number of piperazine rings is 1. The molecule has 1 N–H and O–H groups in total. The number of hydrogen-bond acceptors (Lipinski definition) is 5. The van der Waals surface area contributed by atoms with E-state index in [1.807, 2.05) is 17.5 Å². The van der Waals surface area contributed by atoms with Gasteiger partial charge in [-0.3, -0.25) is 19.3 Å². The molecule has 1 saturated carbocycles. The summed E-state index contributed by atoms with van der Waals surface area (Å²) in [5.74, 6) is -0.101. The zero-order valence-electron chi connectivity index (χ0n) is 16.4. The second kappa shape index (κ2) is 8.14. The van der Waals surface area contributed by atoms with Crippen LogP contribution in [-0.2, 0) is 9.59 Å². The molecule has 5 amide bonds. The second-order valence-electron chi connectivity index (χ2n) is 7.93. The van der Waals surface area contributed by atoms with Crippen molar-refractivity contribution in [2.75, 3.05) is 32.7 Å². The van der Waals surface area contributed by atoms with Crippen LogP contribution in [0, 0.1) is 0 Å². The normalized spacial score (nSPS) is 21.2. The Kier molecular flexibility index (Phi) is 5.58. The summed E-state index contributed by atoms with van der Waals surface area (Å²) in [5.41, 5.74) is -0.688. The number of imide groups is 1. The summed E-state index contributed by atoms with van der Waals surface area (Å²) in [4.78, 5) is 55.2. The predicted octanol–water partition coefficient (Wildman–Crippen LogP) is 1.68. The molecule has 0 aromatic carbocycles. The number of hydrogen-bond donors (Lipinski definition) is 1. The van der Waals surface area contributed by atoms with Crippen molar-refractivity contribution in [3.63, 3.8) is 0 Å². The van der Waals surface area contributed by atoms with Crippen LogP contribution >= 0.6 is 11.3 Å². The molecule has 0 radical (unpaired) electrons. The summed E-state index contributed by atoms with van der Waals surface area (Å²) < 4.78 is 0. The highest BCUT2D eigenvalue weighted by Crippen LogP contribution is 2.35. The molecule has 3 aliphatic rings. The number of carbonyl (C=O) groups is 4. The van der Waals surface area contributed by atoms with Gasteiger partial charge in [0.05, 0.1) is 4.88 Å². The van der Waals surface area contributed by atoms with Gasteiger partial charge in [-0.05, 0) is 30.7 Å². The highest BCUT2D eigenvalue weighted by Gasteiger charge is 2.52. The number of thiophene rings is 1. The topological polar surface area (TPSA) is 90.0 Å². The maximum absolute atomic E-state index is 12.6. The third-order valence-electron chi connectivity index (χ3n) is 6.13. The summed E-state index contributed by atoms with van der Waals surface area (Å²) in [6, 6.07) is 3.35. The third-order valence-corrected chi connectivity index (χ3v) is 6.98. The second-order valence-corrected chi connectivity index (χ2v) is 8.88. The Labute approximate surface area is 173 Å². The molecule has 4 rings (SSSR count). The summed E-state index contributed by atoms with van der Waals surface area (Å²) >= 11 is 1.43. The van der Waals surface area contributed by atoms with Gasteiger partial charge in [0.1, 0.15) is 5.54 Å². The number of rotatable bonds is 5. The average molecular weight is 419 g/mol. The summed E-state index contributed by atoms with van der Waals surface area (Å²) in [5, 5.41) is 4.74. The van der Waals surface area contributed by atoms with E-state index in [4.69, 9.17) is 0 Å². The van der Waals surface area contributed by atoms with Crippen LogP contribution in [0.1, 0.15) is 48.2 Å². The van der Waals surface area contributed by atoms with E-state index >= 15 is 0 Å². The zero-order valence-corrected chi connectivity index (χ0v) is 17.2. The van der Waals surface area contributed by atoms with Crippen molar-refractivity contribution in [1.82, 2.24) is 20.0 Å². The van der Waals surface area contributed by atoms with Crippen molar-refractivity contribution in [3.05, 3.63) is 22.4 Å². The molecule has 1 aliphatic carbocycles. The monoisotopic (exact) mass is 418 g/mol. The van der Waals surface area contributed by atoms with E-state index in [0.717, 1.165) is 17.7 Å². The molecule has 156 valence electrons. The highest BCUT2D eigenvalue weighted by molar-refractivity contribution is 7.12. The van der Waals surface area contributed by atoms with Crippen LogP contribution in [0.25, 0.3) is 0 Å². The van der Waals surface area contributed by atoms with Crippen molar-refractivity contribution >= 4 is 35.1 Å². The first kappa shape index (κ1) is 19.9. The van der Waals surface area contributed by atoms with Gasteiger partial charge in [0.15, 0.2) is 0 Å². The molecular weight excluding hydrogens is 392 g/mol. The van der Waals surface area contributed by atoms with Crippen LogP contribution in [0.15, 0.2) is 17.5 Å². The summed E-state index contributed by atoms with van der Waals surface area (Å²) in [7, 11) is 0. The van der Waals surface area contributed by atoms with Crippen LogP contribution in [-0.4, -0.2) is 76.7 Å². The van der Waals surface area contributed by atoms with E-state index in [0.29, 0.717) is 51.9 Å². The molecule has 29 heavy (non-hydrogen) atoms. The van der Waals surface area contributed by atoms with Crippen LogP contribution in [0.2, 0.25) is 0 Å². The van der Waals surface area contributed by atoms with Crippen LogP contribution in [0.4, 0.5) is 4.79 Å². The van der Waals surface area contributed by atoms with Crippen molar-refractivity contribution < 1.29 is 19.2 Å². The first-order valence-corrected chi connectivity index (χ1v) is 11.1. The Hall–Kier alpha value is -2.42. The molecule has 9 heteroatoms. The smallest absolute Gasteiger partial charge is 0.325 e. The molecule has 1 spiro atoms. The Bertz CT molecular complexity index is 795. The fourth-order valence-electron chi connectivity index (χ4n) is 4.46. The molecule has 2 aliphatic heterocycles. The summed E-state index contributed by atoms with van der Waals surface area (Å²) in [6.07, 6.45) is 4.09. The van der Waals surface area contributed by atoms with Gasteiger partial charge in [-0.2, -0.15) is 0 Å². The molecule has 3 fully saturated rings. The molecule has 3 heterocycles. The van der Waals surface area contributed by atoms with Gasteiger partial charge < -0.3 is 15.1 Å². The first-order valence-electron chi connectivity index (χ1n) is 10.2. The lowest BCUT2D eigenvalue weighted by Gasteiger charge is -2.34. The predicted molar refractivity (Wildman–Crippen MR) is 107 cm³/mol. The van der Waals surface area contributed by atoms with Crippen molar-refractivity contribution in [2.45, 2.75) is 44.1 Å². The van der Waals surface area contributed by atoms with E-state index < -0.39 is 5.54 Å². The lowest BCUT2D eigenvalue weighted by Crippen LogP contribution is -2.50. The Balaban J connectivity index is 1.21. The van der Waals surface area contributed by atoms with E-state index in [1.165, 1.54) is 16.2 Å². The molecular formula is C20H26N4O4S. The van der Waals surface area contributed by atoms with Gasteiger partial charge in [-0.25, -0.2) is 4.79 Å². The zero-order chi connectivity index (χ0) is 20.4. The molecule has 8 nitrogen and oxygen atoms in total. The molecule has 0 unspecified atom stereocenters. The molecule has 0 bridgehead atoms. The minimum absolute atomic E-state index is 0.0101. The minimum Gasteiger partial charge on any atom is -0.339 e. The maximum Gasteiger partial charge on any atom is 0.325 e. The standard InChI is InChI=1S/C20H26N4O4S/c25-16(22-10-12-23(13-11-22)17(26)15-5-4-14-29-15)6-3-9-24-18(27)20(21-19(24)28)7-1-2-8-20/h4-5,14H,1-3,6-13H2,(H,21,28). The lowest BCUT2D eigenvalue weighted by atomic mass is 9.98. The lowest BCUT2D eigenvalue weighted by molar-refractivity contribution is -0.134. The van der Waals surface area contributed by atoms with Gasteiger partial charge in [-0.1, -0.05) is 18.9 Å². The van der Waals surface area contributed by atoms with Gasteiger partial charge in [0, 0.05) is 39.1 Å². The molecule has 1 aromatic rings. The third kappa shape index (κ3) is 3.88. The molecule has 1 aromatic heterocycles. The van der Waals surface area contributed by atoms with E-state index in [2.05, 4.69) is 5.32 Å². The van der Waals surface area contributed by atoms with Crippen LogP contribution < -0.4 is 5.32 Å². The van der Waals surface area contributed by atoms with Crippen molar-refractivity contribution in [3.8, 4) is 0 Å². The maximum atomic E-state index is 12.6. The Morgan fingerprint density at radius 3 is 2.41 bits per heavy atom. The van der Waals surface area contributed by atoms with Gasteiger partial charge in [0.2, 0.25) is 5.91 Å². The van der Waals surface area contributed by atoms with E-state index in [1.54, 1.807) is 9.80 Å². The minimum atomic E-state index is -0.688. The first-order chi connectivity index (χ1) is 14.0. The SMILES string of the molecule is O=C(CCCN1C(=O)NC2(CCCC2)C1=O)N1CCN(C(=O)c2cccs2)CC1. The van der Waals surface area contributed by atoms with Gasteiger partial charge in [-0.15, -0.1) is 11.3 Å². The molecule has 2 saturated heterocycles. The van der Waals surface area contributed by atoms with Crippen molar-refractivity contribution in [2.24, 2.45) is 0 Å². The molecule has 0 atom stereocenters. The van der Waals surface area contributed by atoms with E-state index in [9.17, 15) is 19.2 Å². The fourth-order valence-corrected chi connectivity index (χ4v) is 5.15. The largest absolute Gasteiger partial charge is 0.339 e. The summed E-state index contributed by atoms with van der Waals surface area (Å²) in [6.45, 7) is 2.36. The highest BCUT2D eigenvalue weighted by atomic mass is 32.1. The number of urea groups is 1. The van der Waals surface area contributed by atoms with Crippen LogP contribution in [0.3, 0.4) is 0 Å². The van der Waals surface area contributed by atoms with Gasteiger partial charge in [0.25, 0.3) is 11.8 Å². The van der Waals surface area contributed by atoms with Crippen LogP contribution in [0.5, 0.6) is 0 Å². The van der Waals surface area contributed by atoms with Gasteiger partial charge >= 0.3 is 6.03 Å². The number of nitrogens with zero attached hydrogens (tertiary/aromatic N) is 3. The fraction of sp³-hybridized carbons (Fsp3) is 0.600. The van der Waals surface area contributed by atoms with E-state index in [-0.39, 0.29) is 30.3 Å². The Morgan fingerprint density at radius 2 is 1.76 bits per heavy atom. The number of amides is 5. The Morgan fingerprint density at radius 1 is 1.07 bits per heavy atom. The number of carbonyl (C=O) groups excluding carboxylic acids is 4. The average Bonchev–Trinajstić information content (AvgIpc) is 3.46. The quantitative estimate of drug-likeness (QED) is 0.737. The van der Waals surface area contributed by atoms with Crippen molar-refractivity contribution in [1.29, 1.82) is 0 Å².